The van der Waals surface area contributed by atoms with Crippen molar-refractivity contribution in [2.75, 3.05) is 65.6 Å². The fourth-order valence-corrected chi connectivity index (χ4v) is 8.72. The van der Waals surface area contributed by atoms with Gasteiger partial charge in [-0.25, -0.2) is 0 Å². The van der Waals surface area contributed by atoms with Gasteiger partial charge in [0, 0.05) is 68.2 Å². The number of fused-ring (bicyclic) bond motifs is 8. The van der Waals surface area contributed by atoms with Gasteiger partial charge in [-0.1, -0.05) is 24.3 Å². The predicted octanol–water partition coefficient (Wildman–Crippen LogP) is 0.763. The second-order valence-corrected chi connectivity index (χ2v) is 15.8. The molecule has 0 radical (unpaired) electrons. The summed E-state index contributed by atoms with van der Waals surface area (Å²) in [6.45, 7) is 24.5. The Bertz CT molecular complexity index is 2310. The smallest absolute Gasteiger partial charge is 0.119 e. The molecule has 2 aromatic carbocycles. The van der Waals surface area contributed by atoms with E-state index >= 15 is 0 Å². The maximum absolute atomic E-state index is 6.24. The molecule has 0 saturated heterocycles. The summed E-state index contributed by atoms with van der Waals surface area (Å²) in [5.41, 5.74) is 8.54. The highest BCUT2D eigenvalue weighted by molar-refractivity contribution is 5.79. The number of aromatic amines is 4. The number of hydrogen-bond donors (Lipinski definition) is 4. The summed E-state index contributed by atoms with van der Waals surface area (Å²) in [6, 6.07) is 34.3. The molecule has 8 bridgehead atoms. The van der Waals surface area contributed by atoms with Gasteiger partial charge in [0.05, 0.1) is 65.6 Å². The lowest BCUT2D eigenvalue weighted by Crippen LogP contribution is -3.00. The molecule has 0 fully saturated rings. The quantitative estimate of drug-likeness (QED) is 0.0762. The van der Waals surface area contributed by atoms with Crippen LogP contribution in [0.4, 0.5) is 0 Å². The highest BCUT2D eigenvalue weighted by Crippen LogP contribution is 2.25. The molecule has 6 aromatic rings. The second kappa shape index (κ2) is 21.1. The first-order chi connectivity index (χ1) is 28.3. The fourth-order valence-electron chi connectivity index (χ4n) is 8.72. The number of nitrogens with zero attached hydrogens (tertiary/aromatic N) is 2. The number of aromatic nitrogens is 4. The zero-order valence-electron chi connectivity index (χ0n) is 36.3. The number of H-pyrrole nitrogens is 4. The van der Waals surface area contributed by atoms with Crippen molar-refractivity contribution in [3.8, 4) is 11.5 Å². The van der Waals surface area contributed by atoms with Crippen molar-refractivity contribution in [2.45, 2.75) is 54.4 Å². The van der Waals surface area contributed by atoms with Crippen molar-refractivity contribution in [3.05, 3.63) is 152 Å². The van der Waals surface area contributed by atoms with E-state index in [0.29, 0.717) is 0 Å². The number of rotatable bonds is 18. The third-order valence-corrected chi connectivity index (χ3v) is 12.9. The summed E-state index contributed by atoms with van der Waals surface area (Å²) in [5.74, 6) is 1.80. The second-order valence-electron chi connectivity index (χ2n) is 15.8. The maximum atomic E-state index is 6.24. The van der Waals surface area contributed by atoms with Crippen LogP contribution in [-0.4, -0.2) is 94.5 Å². The molecule has 0 unspecified atom stereocenters. The van der Waals surface area contributed by atoms with Crippen LogP contribution in [-0.2, 0) is 0 Å². The van der Waals surface area contributed by atoms with E-state index in [0.717, 1.165) is 165 Å². The topological polar surface area (TPSA) is 81.6 Å². The first-order valence-corrected chi connectivity index (χ1v) is 21.7. The Hall–Kier alpha value is -4.86. The third-order valence-electron chi connectivity index (χ3n) is 12.9. The number of benzene rings is 2. The monoisotopic (exact) mass is 850 g/mol. The number of halogens is 2. The number of quaternary nitrogens is 2. The van der Waals surface area contributed by atoms with Crippen molar-refractivity contribution >= 4 is 23.3 Å². The Morgan fingerprint density at radius 3 is 1.13 bits per heavy atom. The van der Waals surface area contributed by atoms with Gasteiger partial charge < -0.3 is 63.2 Å². The molecule has 4 aromatic heterocycles. The van der Waals surface area contributed by atoms with Crippen molar-refractivity contribution in [3.63, 3.8) is 0 Å². The lowest BCUT2D eigenvalue weighted by atomic mass is 10.0. The van der Waals surface area contributed by atoms with Gasteiger partial charge in [0.15, 0.2) is 0 Å². The van der Waals surface area contributed by atoms with Crippen molar-refractivity contribution in [1.29, 1.82) is 0 Å². The highest BCUT2D eigenvalue weighted by atomic mass is 35.5. The molecule has 0 amide bonds. The zero-order valence-corrected chi connectivity index (χ0v) is 37.9. The van der Waals surface area contributed by atoms with E-state index in [-0.39, 0.29) is 24.8 Å². The molecular formula is C50H64Cl2N6O2. The first kappa shape index (κ1) is 46.2. The standard InChI is InChI=1S/C50H64N6O2.2ClH/c1-7-55(8-2,9-3)31-13-33-57-43-23-15-37(16-24-43)49-45-27-19-39(51-45)35-41-21-29-47(53-41)50(48-30-22-42(54-48)36-40-20-28-46(49)52-40)38-17-25-44(26-18-38)58-34-14-32-56(10-4,11-5)12-6;;/h15-30,35-36,51-54H,7-14,31-34H2,1-6H3;2*1H/q+2;;/p-2. The Labute approximate surface area is 368 Å². The number of hydrogen-bond acceptors (Lipinski definition) is 2. The van der Waals surface area contributed by atoms with E-state index in [1.54, 1.807) is 0 Å². The molecule has 8 nitrogen and oxygen atoms in total. The van der Waals surface area contributed by atoms with Gasteiger partial charge >= 0.3 is 0 Å². The average Bonchev–Trinajstić information content (AvgIpc) is 4.10. The van der Waals surface area contributed by atoms with Crippen LogP contribution in [0.25, 0.3) is 23.3 Å². The minimum atomic E-state index is 0. The van der Waals surface area contributed by atoms with Gasteiger partial charge in [0.1, 0.15) is 11.5 Å². The van der Waals surface area contributed by atoms with E-state index in [9.17, 15) is 0 Å². The van der Waals surface area contributed by atoms with Crippen LogP contribution in [0.3, 0.4) is 0 Å². The molecule has 7 rings (SSSR count). The normalized spacial score (nSPS) is 12.6. The molecule has 1 aliphatic heterocycles. The lowest BCUT2D eigenvalue weighted by molar-refractivity contribution is -0.923. The van der Waals surface area contributed by atoms with Crippen LogP contribution in [0.15, 0.2) is 97.1 Å². The van der Waals surface area contributed by atoms with Gasteiger partial charge in [0.2, 0.25) is 0 Å². The molecule has 0 atom stereocenters. The summed E-state index contributed by atoms with van der Waals surface area (Å²) in [5, 5.41) is 4.11. The zero-order chi connectivity index (χ0) is 40.5. The molecule has 0 saturated carbocycles. The molecular weight excluding hydrogens is 787 g/mol. The molecule has 0 spiro atoms. The van der Waals surface area contributed by atoms with E-state index in [1.807, 2.05) is 0 Å². The molecule has 10 heteroatoms. The SMILES string of the molecule is CC[N+](CC)(CC)CCCOc1ccc(C2=c3ccc([nH]3)=Cc3ccc([nH]3)C(c3ccc(OCCC[N+](CC)(CC)CC)cc3)=c3ccc([nH]3)=Cc3ccc2[nH]3)cc1.[Cl-].[Cl-]. The minimum Gasteiger partial charge on any atom is -1.00 e. The summed E-state index contributed by atoms with van der Waals surface area (Å²) in [7, 11) is 0. The number of ether oxygens (including phenoxy) is 2. The molecule has 0 aliphatic carbocycles. The summed E-state index contributed by atoms with van der Waals surface area (Å²) < 4.78 is 14.8. The van der Waals surface area contributed by atoms with Crippen LogP contribution < -0.4 is 55.7 Å². The van der Waals surface area contributed by atoms with Gasteiger partial charge in [-0.15, -0.1) is 0 Å². The number of nitrogens with one attached hydrogen (secondary N) is 4. The lowest BCUT2D eigenvalue weighted by Gasteiger charge is -2.35. The Balaban J connectivity index is 0.00000341. The summed E-state index contributed by atoms with van der Waals surface area (Å²) in [6.07, 6.45) is 6.43. The van der Waals surface area contributed by atoms with Crippen LogP contribution in [0, 0.1) is 0 Å². The molecule has 4 N–H and O–H groups in total. The largest absolute Gasteiger partial charge is 1.00 e. The van der Waals surface area contributed by atoms with E-state index in [2.05, 4.69) is 171 Å². The van der Waals surface area contributed by atoms with Gasteiger partial charge in [-0.3, -0.25) is 0 Å². The Morgan fingerprint density at radius 1 is 0.417 bits per heavy atom. The van der Waals surface area contributed by atoms with Crippen LogP contribution in [0.2, 0.25) is 0 Å². The van der Waals surface area contributed by atoms with E-state index in [1.165, 1.54) is 0 Å². The van der Waals surface area contributed by atoms with Crippen molar-refractivity contribution in [2.24, 2.45) is 0 Å². The maximum Gasteiger partial charge on any atom is 0.119 e. The molecule has 60 heavy (non-hydrogen) atoms. The Morgan fingerprint density at radius 2 is 0.783 bits per heavy atom. The summed E-state index contributed by atoms with van der Waals surface area (Å²) in [4.78, 5) is 14.9. The fraction of sp³-hybridized carbons (Fsp3) is 0.360. The van der Waals surface area contributed by atoms with Crippen LogP contribution in [0.1, 0.15) is 88.3 Å². The first-order valence-electron chi connectivity index (χ1n) is 21.7. The average molecular weight is 852 g/mol. The molecule has 1 aliphatic rings. The van der Waals surface area contributed by atoms with Crippen molar-refractivity contribution in [1.82, 2.24) is 19.9 Å². The summed E-state index contributed by atoms with van der Waals surface area (Å²) >= 11 is 0. The van der Waals surface area contributed by atoms with Gasteiger partial charge in [0.25, 0.3) is 0 Å². The van der Waals surface area contributed by atoms with E-state index < -0.39 is 0 Å². The molecule has 320 valence electrons. The van der Waals surface area contributed by atoms with Gasteiger partial charge in [-0.2, -0.15) is 0 Å². The predicted molar refractivity (Wildman–Crippen MR) is 239 cm³/mol. The van der Waals surface area contributed by atoms with Crippen molar-refractivity contribution < 1.29 is 43.3 Å². The Kier molecular flexibility index (Phi) is 16.2. The third kappa shape index (κ3) is 10.5. The molecule has 5 heterocycles. The highest BCUT2D eigenvalue weighted by Gasteiger charge is 2.21. The van der Waals surface area contributed by atoms with Crippen LogP contribution >= 0.6 is 0 Å². The van der Waals surface area contributed by atoms with E-state index in [4.69, 9.17) is 9.47 Å². The minimum absolute atomic E-state index is 0. The van der Waals surface area contributed by atoms with Crippen LogP contribution in [0.5, 0.6) is 11.5 Å². The van der Waals surface area contributed by atoms with Gasteiger partial charge in [-0.05, 0) is 138 Å².